The van der Waals surface area contributed by atoms with E-state index < -0.39 is 31.5 Å². The van der Waals surface area contributed by atoms with Gasteiger partial charge in [-0.3, -0.25) is 0 Å². The maximum atomic E-state index is 11.8. The van der Waals surface area contributed by atoms with Crippen LogP contribution in [0.5, 0.6) is 0 Å². The van der Waals surface area contributed by atoms with E-state index >= 15 is 0 Å². The molecule has 0 saturated carbocycles. The molecule has 1 nitrogen and oxygen atoms in total. The van der Waals surface area contributed by atoms with Crippen molar-refractivity contribution in [2.45, 2.75) is 20.8 Å². The van der Waals surface area contributed by atoms with E-state index in [1.807, 2.05) is 20.8 Å². The Bertz CT molecular complexity index is 203. The van der Waals surface area contributed by atoms with Crippen LogP contribution in [0.3, 0.4) is 0 Å². The third kappa shape index (κ3) is 7.22. The fourth-order valence-electron chi connectivity index (χ4n) is 0.393. The van der Waals surface area contributed by atoms with Gasteiger partial charge in [-0.15, -0.1) is 0 Å². The molecule has 0 radical (unpaired) electrons. The van der Waals surface area contributed by atoms with Crippen molar-refractivity contribution in [3.8, 4) is 0 Å². The van der Waals surface area contributed by atoms with Crippen LogP contribution in [0.4, 0.5) is 12.9 Å². The Kier molecular flexibility index (Phi) is 5.89. The number of halogens is 4. The molecule has 0 saturated heterocycles. The summed E-state index contributed by atoms with van der Waals surface area (Å²) in [6.45, 7) is 5.71. The van der Waals surface area contributed by atoms with Gasteiger partial charge in [-0.05, 0) is 0 Å². The fraction of sp³-hybridized carbons (Fsp3) is 0.800. The van der Waals surface area contributed by atoms with Crippen molar-refractivity contribution in [1.82, 2.24) is 0 Å². The first kappa shape index (κ1) is 14.3. The Morgan fingerprint density at radius 3 is 2.08 bits per heavy atom. The second-order valence-corrected chi connectivity index (χ2v) is 9.93. The van der Waals surface area contributed by atoms with Crippen LogP contribution in [-0.2, 0) is 19.9 Å². The van der Waals surface area contributed by atoms with E-state index in [-0.39, 0.29) is 5.41 Å². The molecule has 1 unspecified atom stereocenters. The van der Waals surface area contributed by atoms with Crippen molar-refractivity contribution in [2.75, 3.05) is 0 Å². The molecule has 0 aromatic heterocycles. The van der Waals surface area contributed by atoms with Gasteiger partial charge in [0.2, 0.25) is 0 Å². The molecule has 8 heteroatoms. The standard InChI is InChI=1S/C5H10BF3OP.BrH.Re/c1-5(2,3)4-11-10-6(7,8)9;;/h11H,1-3H3;1H;/q-1;;+1/p-1. The molecule has 80 valence electrons. The molecule has 0 spiro atoms. The molecule has 0 aliphatic heterocycles. The van der Waals surface area contributed by atoms with E-state index in [2.05, 4.69) is 17.9 Å². The molecule has 1 atom stereocenters. The second kappa shape index (κ2) is 5.37. The van der Waals surface area contributed by atoms with Gasteiger partial charge in [-0.25, -0.2) is 0 Å². The topological polar surface area (TPSA) is 9.23 Å². The van der Waals surface area contributed by atoms with Gasteiger partial charge in [-0.2, -0.15) is 0 Å². The molecule has 0 N–H and O–H groups in total. The predicted octanol–water partition coefficient (Wildman–Crippen LogP) is 3.51. The zero-order valence-corrected chi connectivity index (χ0v) is 12.7. The van der Waals surface area contributed by atoms with Gasteiger partial charge in [0, 0.05) is 0 Å². The summed E-state index contributed by atoms with van der Waals surface area (Å²) in [6.07, 6.45) is 0. The molecule has 0 aliphatic rings. The zero-order valence-electron chi connectivity index (χ0n) is 7.38. The average molecular weight is 451 g/mol. The third-order valence-electron chi connectivity index (χ3n) is 1.01. The summed E-state index contributed by atoms with van der Waals surface area (Å²) >= 11 is 2.47. The fourth-order valence-corrected chi connectivity index (χ4v) is 7.71. The summed E-state index contributed by atoms with van der Waals surface area (Å²) in [7, 11) is -5.63. The number of hydrogen-bond donors (Lipinski definition) is 0. The van der Waals surface area contributed by atoms with Gasteiger partial charge < -0.3 is 0 Å². The summed E-state index contributed by atoms with van der Waals surface area (Å²) in [4.78, 5) is 0. The van der Waals surface area contributed by atoms with Gasteiger partial charge in [0.05, 0.1) is 0 Å². The molecule has 0 aromatic rings. The molecule has 0 heterocycles. The molecule has 0 aliphatic carbocycles. The van der Waals surface area contributed by atoms with Crippen molar-refractivity contribution < 1.29 is 32.9 Å². The molecule has 0 amide bonds. The van der Waals surface area contributed by atoms with Crippen molar-refractivity contribution in [3.63, 3.8) is 0 Å². The van der Waals surface area contributed by atoms with Gasteiger partial charge in [0.1, 0.15) is 0 Å². The minimum atomic E-state index is -5.10. The van der Waals surface area contributed by atoms with Crippen LogP contribution < -0.4 is 0 Å². The summed E-state index contributed by atoms with van der Waals surface area (Å²) in [6, 6.07) is 0. The predicted molar refractivity (Wildman–Crippen MR) is 51.9 cm³/mol. The molecule has 0 bridgehead atoms. The average Bonchev–Trinajstić information content (AvgIpc) is 1.82. The molecule has 0 aromatic carbocycles. The van der Waals surface area contributed by atoms with Crippen LogP contribution >= 0.6 is 22.2 Å². The van der Waals surface area contributed by atoms with Crippen LogP contribution in [0.15, 0.2) is 0 Å². The monoisotopic (exact) mass is 451 g/mol. The van der Waals surface area contributed by atoms with Gasteiger partial charge in [0.25, 0.3) is 0 Å². The van der Waals surface area contributed by atoms with Gasteiger partial charge in [0.15, 0.2) is 0 Å². The number of rotatable bonds is 3. The third-order valence-corrected chi connectivity index (χ3v) is 11.2. The maximum absolute atomic E-state index is 11.8. The molecular weight excluding hydrogens is 441 g/mol. The summed E-state index contributed by atoms with van der Waals surface area (Å²) in [5, 5.41) is 0. The Balaban J connectivity index is 4.20. The van der Waals surface area contributed by atoms with E-state index in [1.54, 1.807) is 0 Å². The molecule has 0 rings (SSSR count). The first-order chi connectivity index (χ1) is 5.67. The first-order valence-electron chi connectivity index (χ1n) is 3.43. The summed E-state index contributed by atoms with van der Waals surface area (Å²) in [5.41, 5.74) is -0.179. The Morgan fingerprint density at radius 2 is 1.85 bits per heavy atom. The van der Waals surface area contributed by atoms with Crippen LogP contribution in [0.1, 0.15) is 20.8 Å². The van der Waals surface area contributed by atoms with Crippen LogP contribution in [0.2, 0.25) is 0 Å². The molecule has 0 fully saturated rings. The van der Waals surface area contributed by atoms with Crippen LogP contribution in [0.25, 0.3) is 0 Å². The molecule has 13 heavy (non-hydrogen) atoms. The summed E-state index contributed by atoms with van der Waals surface area (Å²) in [5.74, 6) is 0. The second-order valence-electron chi connectivity index (χ2n) is 3.37. The van der Waals surface area contributed by atoms with E-state index in [4.69, 9.17) is 0 Å². The van der Waals surface area contributed by atoms with Crippen molar-refractivity contribution in [3.05, 3.63) is 0 Å². The summed E-state index contributed by atoms with van der Waals surface area (Å²) < 4.78 is 40.1. The quantitative estimate of drug-likeness (QED) is 0.472. The van der Waals surface area contributed by atoms with E-state index in [9.17, 15) is 12.9 Å². The number of hydrogen-bond acceptors (Lipinski definition) is 1. The van der Waals surface area contributed by atoms with E-state index in [0.29, 0.717) is 0 Å². The van der Waals surface area contributed by atoms with Crippen molar-refractivity contribution >= 4 is 33.1 Å². The SMILES string of the molecule is CC(C)(C)[C](PO[B-](F)(F)F)=[Re][Br]. The zero-order chi connectivity index (χ0) is 10.7. The minimum absolute atomic E-state index is 0.179. The molecular formula is C5H10BBrF3OPRe-. The van der Waals surface area contributed by atoms with Gasteiger partial charge >= 0.3 is 92.2 Å². The Morgan fingerprint density at radius 1 is 1.38 bits per heavy atom. The first-order valence-corrected chi connectivity index (χ1v) is 11.6. The van der Waals surface area contributed by atoms with Crippen molar-refractivity contribution in [1.29, 1.82) is 0 Å². The van der Waals surface area contributed by atoms with E-state index in [0.717, 1.165) is 3.72 Å². The van der Waals surface area contributed by atoms with Crippen LogP contribution in [0, 0.1) is 5.41 Å². The van der Waals surface area contributed by atoms with Crippen molar-refractivity contribution in [2.24, 2.45) is 5.41 Å². The van der Waals surface area contributed by atoms with Crippen LogP contribution in [-0.4, -0.2) is 10.9 Å². The van der Waals surface area contributed by atoms with E-state index in [1.165, 1.54) is 0 Å². The Hall–Kier alpha value is 1.26. The Labute approximate surface area is 92.0 Å². The van der Waals surface area contributed by atoms with Gasteiger partial charge in [-0.1, -0.05) is 0 Å². The normalized spacial score (nSPS) is 16.4.